The zero-order valence-corrected chi connectivity index (χ0v) is 13.2. The highest BCUT2D eigenvalue weighted by Gasteiger charge is 2.21. The lowest BCUT2D eigenvalue weighted by atomic mass is 10.3. The normalized spacial score (nSPS) is 13.6. The number of nitrogens with one attached hydrogen (secondary N) is 2. The molecule has 1 heterocycles. The van der Waals surface area contributed by atoms with Crippen LogP contribution in [0.15, 0.2) is 41.3 Å². The van der Waals surface area contributed by atoms with E-state index in [-0.39, 0.29) is 17.5 Å². The first kappa shape index (κ1) is 15.6. The summed E-state index contributed by atoms with van der Waals surface area (Å²) in [4.78, 5) is 24.0. The van der Waals surface area contributed by atoms with Gasteiger partial charge in [0.05, 0.1) is 24.1 Å². The van der Waals surface area contributed by atoms with Crippen LogP contribution in [0.4, 0.5) is 5.69 Å². The fourth-order valence-corrected chi connectivity index (χ4v) is 2.32. The summed E-state index contributed by atoms with van der Waals surface area (Å²) in [6.07, 6.45) is 3.81. The van der Waals surface area contributed by atoms with Gasteiger partial charge in [0.2, 0.25) is 5.91 Å². The molecule has 1 aromatic heterocycles. The number of carbonyl (C=O) groups is 1. The van der Waals surface area contributed by atoms with Crippen LogP contribution in [-0.4, -0.2) is 28.8 Å². The van der Waals surface area contributed by atoms with Crippen LogP contribution in [-0.2, 0) is 4.79 Å². The number of aromatic nitrogens is 2. The molecule has 0 saturated heterocycles. The molecule has 3 rings (SSSR count). The van der Waals surface area contributed by atoms with E-state index < -0.39 is 5.56 Å². The fourth-order valence-electron chi connectivity index (χ4n) is 2.13. The van der Waals surface area contributed by atoms with Gasteiger partial charge in [-0.15, -0.1) is 0 Å². The van der Waals surface area contributed by atoms with E-state index in [1.807, 2.05) is 18.2 Å². The van der Waals surface area contributed by atoms with Gasteiger partial charge in [-0.25, -0.2) is 0 Å². The molecule has 1 saturated carbocycles. The van der Waals surface area contributed by atoms with Crippen LogP contribution in [0.5, 0.6) is 0 Å². The van der Waals surface area contributed by atoms with Gasteiger partial charge in [-0.05, 0) is 30.9 Å². The lowest BCUT2D eigenvalue weighted by molar-refractivity contribution is -0.119. The molecule has 1 amide bonds. The molecule has 0 radical (unpaired) electrons. The summed E-state index contributed by atoms with van der Waals surface area (Å²) >= 11 is 6.10. The molecule has 0 bridgehead atoms. The van der Waals surface area contributed by atoms with Gasteiger partial charge >= 0.3 is 0 Å². The summed E-state index contributed by atoms with van der Waals surface area (Å²) in [5.41, 5.74) is 0.555. The third-order valence-electron chi connectivity index (χ3n) is 3.64. The van der Waals surface area contributed by atoms with Gasteiger partial charge in [0.1, 0.15) is 5.02 Å². The number of hydrogen-bond donors (Lipinski definition) is 2. The Bertz CT molecular complexity index is 756. The Hall–Kier alpha value is -2.34. The summed E-state index contributed by atoms with van der Waals surface area (Å²) in [6, 6.07) is 9.01. The second-order valence-corrected chi connectivity index (χ2v) is 5.90. The molecule has 1 fully saturated rings. The molecule has 7 heteroatoms. The lowest BCUT2D eigenvalue weighted by Crippen LogP contribution is -2.32. The molecule has 2 aromatic rings. The van der Waals surface area contributed by atoms with Crippen LogP contribution >= 0.6 is 11.6 Å². The van der Waals surface area contributed by atoms with Gasteiger partial charge in [-0.1, -0.05) is 29.8 Å². The van der Waals surface area contributed by atoms with Gasteiger partial charge in [-0.3, -0.25) is 9.59 Å². The molecule has 1 aromatic carbocycles. The fraction of sp³-hybridized carbons (Fsp3) is 0.312. The summed E-state index contributed by atoms with van der Waals surface area (Å²) in [7, 11) is 0. The van der Waals surface area contributed by atoms with Crippen LogP contribution in [0, 0.1) is 5.92 Å². The van der Waals surface area contributed by atoms with Crippen molar-refractivity contribution in [3.63, 3.8) is 0 Å². The second-order valence-electron chi connectivity index (χ2n) is 5.53. The number of halogens is 1. The van der Waals surface area contributed by atoms with Crippen molar-refractivity contribution < 1.29 is 4.79 Å². The van der Waals surface area contributed by atoms with Crippen LogP contribution in [0.1, 0.15) is 12.8 Å². The summed E-state index contributed by atoms with van der Waals surface area (Å²) < 4.78 is 1.22. The molecule has 6 nitrogen and oxygen atoms in total. The molecule has 120 valence electrons. The molecule has 0 unspecified atom stereocenters. The largest absolute Gasteiger partial charge is 0.373 e. The number of benzene rings is 1. The van der Waals surface area contributed by atoms with Crippen LogP contribution in [0.3, 0.4) is 0 Å². The van der Waals surface area contributed by atoms with E-state index in [0.717, 1.165) is 0 Å². The van der Waals surface area contributed by atoms with Gasteiger partial charge in [0, 0.05) is 6.54 Å². The summed E-state index contributed by atoms with van der Waals surface area (Å²) in [5, 5.41) is 9.80. The molecule has 0 spiro atoms. The van der Waals surface area contributed by atoms with E-state index in [2.05, 4.69) is 15.7 Å². The number of nitrogens with zero attached hydrogens (tertiary/aromatic N) is 2. The Labute approximate surface area is 138 Å². The van der Waals surface area contributed by atoms with Crippen molar-refractivity contribution >= 4 is 23.2 Å². The topological polar surface area (TPSA) is 76.0 Å². The average molecular weight is 333 g/mol. The zero-order chi connectivity index (χ0) is 16.2. The minimum atomic E-state index is -0.429. The van der Waals surface area contributed by atoms with Gasteiger partial charge in [0.15, 0.2) is 0 Å². The van der Waals surface area contributed by atoms with Gasteiger partial charge < -0.3 is 10.6 Å². The van der Waals surface area contributed by atoms with Gasteiger partial charge in [-0.2, -0.15) is 9.78 Å². The highest BCUT2D eigenvalue weighted by atomic mass is 35.5. The monoisotopic (exact) mass is 332 g/mol. The van der Waals surface area contributed by atoms with Crippen molar-refractivity contribution in [3.05, 3.63) is 51.9 Å². The van der Waals surface area contributed by atoms with Crippen LogP contribution in [0.25, 0.3) is 5.69 Å². The highest BCUT2D eigenvalue weighted by molar-refractivity contribution is 6.33. The van der Waals surface area contributed by atoms with Crippen molar-refractivity contribution in [3.8, 4) is 5.69 Å². The molecular weight excluding hydrogens is 316 g/mol. The predicted octanol–water partition coefficient (Wildman–Crippen LogP) is 1.82. The van der Waals surface area contributed by atoms with Crippen molar-refractivity contribution in [2.45, 2.75) is 12.8 Å². The maximum Gasteiger partial charge on any atom is 0.292 e. The average Bonchev–Trinajstić information content (AvgIpc) is 3.39. The highest BCUT2D eigenvalue weighted by Crippen LogP contribution is 2.27. The standard InChI is InChI=1S/C16H17ClN4O2/c17-15-13(18-10-14(22)19-8-11-6-7-11)9-20-21(16(15)23)12-4-2-1-3-5-12/h1-5,9,11,18H,6-8,10H2,(H,19,22). The zero-order valence-electron chi connectivity index (χ0n) is 12.5. The van der Waals surface area contributed by atoms with E-state index in [1.54, 1.807) is 12.1 Å². The first-order valence-corrected chi connectivity index (χ1v) is 7.87. The van der Waals surface area contributed by atoms with E-state index in [0.29, 0.717) is 23.8 Å². The summed E-state index contributed by atoms with van der Waals surface area (Å²) in [6.45, 7) is 0.769. The van der Waals surface area contributed by atoms with E-state index >= 15 is 0 Å². The Morgan fingerprint density at radius 3 is 2.74 bits per heavy atom. The second kappa shape index (κ2) is 6.83. The third-order valence-corrected chi connectivity index (χ3v) is 4.01. The summed E-state index contributed by atoms with van der Waals surface area (Å²) in [5.74, 6) is 0.499. The Balaban J connectivity index is 1.67. The number of para-hydroxylation sites is 1. The Morgan fingerprint density at radius 2 is 2.04 bits per heavy atom. The Kier molecular flexibility index (Phi) is 4.62. The Morgan fingerprint density at radius 1 is 1.30 bits per heavy atom. The molecular formula is C16H17ClN4O2. The smallest absolute Gasteiger partial charge is 0.292 e. The molecule has 0 atom stereocenters. The van der Waals surface area contributed by atoms with Gasteiger partial charge in [0.25, 0.3) is 5.56 Å². The third kappa shape index (κ3) is 3.90. The van der Waals surface area contributed by atoms with E-state index in [1.165, 1.54) is 23.7 Å². The number of anilines is 1. The van der Waals surface area contributed by atoms with Crippen LogP contribution < -0.4 is 16.2 Å². The molecule has 2 N–H and O–H groups in total. The molecule has 1 aliphatic carbocycles. The number of carbonyl (C=O) groups excluding carboxylic acids is 1. The SMILES string of the molecule is O=C(CNc1cnn(-c2ccccc2)c(=O)c1Cl)NCC1CC1. The minimum absolute atomic E-state index is 0.0128. The van der Waals surface area contributed by atoms with Crippen molar-refractivity contribution in [2.24, 2.45) is 5.92 Å². The van der Waals surface area contributed by atoms with Crippen molar-refractivity contribution in [1.82, 2.24) is 15.1 Å². The van der Waals surface area contributed by atoms with Crippen molar-refractivity contribution in [2.75, 3.05) is 18.4 Å². The van der Waals surface area contributed by atoms with Crippen LogP contribution in [0.2, 0.25) is 5.02 Å². The first-order valence-electron chi connectivity index (χ1n) is 7.49. The number of hydrogen-bond acceptors (Lipinski definition) is 4. The van der Waals surface area contributed by atoms with E-state index in [4.69, 9.17) is 11.6 Å². The maximum atomic E-state index is 12.3. The van der Waals surface area contributed by atoms with E-state index in [9.17, 15) is 9.59 Å². The quantitative estimate of drug-likeness (QED) is 0.846. The molecule has 0 aliphatic heterocycles. The maximum absolute atomic E-state index is 12.3. The molecule has 1 aliphatic rings. The first-order chi connectivity index (χ1) is 11.1. The minimum Gasteiger partial charge on any atom is -0.373 e. The van der Waals surface area contributed by atoms with Crippen molar-refractivity contribution in [1.29, 1.82) is 0 Å². The lowest BCUT2D eigenvalue weighted by Gasteiger charge is -2.10. The molecule has 23 heavy (non-hydrogen) atoms. The predicted molar refractivity (Wildman–Crippen MR) is 89.1 cm³/mol. The number of rotatable bonds is 6. The number of amides is 1.